The first-order chi connectivity index (χ1) is 13.2. The minimum atomic E-state index is -0.899. The number of non-ortho nitro benzene ring substituents is 1. The molecule has 0 saturated heterocycles. The molecule has 0 saturated carbocycles. The summed E-state index contributed by atoms with van der Waals surface area (Å²) in [4.78, 5) is 39.7. The van der Waals surface area contributed by atoms with Crippen molar-refractivity contribution in [3.63, 3.8) is 0 Å². The quantitative estimate of drug-likeness (QED) is 0.437. The predicted octanol–water partition coefficient (Wildman–Crippen LogP) is 3.19. The Kier molecular flexibility index (Phi) is 6.05. The van der Waals surface area contributed by atoms with Gasteiger partial charge in [-0.2, -0.15) is 5.26 Å². The van der Waals surface area contributed by atoms with Crippen molar-refractivity contribution in [2.75, 3.05) is 7.11 Å². The van der Waals surface area contributed by atoms with Crippen molar-refractivity contribution in [1.82, 2.24) is 4.98 Å². The number of nitrogens with zero attached hydrogens (tertiary/aromatic N) is 3. The van der Waals surface area contributed by atoms with E-state index in [0.29, 0.717) is 0 Å². The molecule has 9 nitrogen and oxygen atoms in total. The average Bonchev–Trinajstić information content (AvgIpc) is 2.65. The second-order valence-electron chi connectivity index (χ2n) is 6.04. The number of methoxy groups -OCH3 is 1. The van der Waals surface area contributed by atoms with Crippen LogP contribution in [0.25, 0.3) is 11.1 Å². The highest BCUT2D eigenvalue weighted by molar-refractivity contribution is 6.07. The molecule has 28 heavy (non-hydrogen) atoms. The molecule has 2 aromatic rings. The van der Waals surface area contributed by atoms with Crippen LogP contribution in [0.2, 0.25) is 0 Å². The first-order valence-corrected chi connectivity index (χ1v) is 8.20. The first-order valence-electron chi connectivity index (χ1n) is 8.20. The topological polar surface area (TPSA) is 132 Å². The normalized spacial score (nSPS) is 10.3. The smallest absolute Gasteiger partial charge is 0.341 e. The highest BCUT2D eigenvalue weighted by Gasteiger charge is 2.30. The highest BCUT2D eigenvalue weighted by atomic mass is 16.6. The van der Waals surface area contributed by atoms with Gasteiger partial charge in [-0.3, -0.25) is 10.1 Å². The molecular weight excluding hydrogens is 366 g/mol. The fourth-order valence-corrected chi connectivity index (χ4v) is 2.67. The molecule has 0 radical (unpaired) electrons. The van der Waals surface area contributed by atoms with Crippen LogP contribution in [0.3, 0.4) is 0 Å². The fraction of sp³-hybridized carbons (Fsp3) is 0.263. The summed E-state index contributed by atoms with van der Waals surface area (Å²) in [6, 6.07) is 7.18. The van der Waals surface area contributed by atoms with Crippen molar-refractivity contribution in [1.29, 1.82) is 5.26 Å². The minimum absolute atomic E-state index is 0.00486. The molecule has 1 aromatic heterocycles. The Hall–Kier alpha value is -3.80. The van der Waals surface area contributed by atoms with Crippen molar-refractivity contribution in [3.8, 4) is 17.2 Å². The lowest BCUT2D eigenvalue weighted by Crippen LogP contribution is -2.19. The molecular formula is C19H17N3O6. The Morgan fingerprint density at radius 2 is 1.93 bits per heavy atom. The van der Waals surface area contributed by atoms with Gasteiger partial charge in [0.1, 0.15) is 11.6 Å². The zero-order valence-electron chi connectivity index (χ0n) is 15.7. The summed E-state index contributed by atoms with van der Waals surface area (Å²) in [5, 5.41) is 20.6. The van der Waals surface area contributed by atoms with Crippen LogP contribution >= 0.6 is 0 Å². The van der Waals surface area contributed by atoms with Crippen molar-refractivity contribution in [2.45, 2.75) is 26.9 Å². The van der Waals surface area contributed by atoms with Crippen molar-refractivity contribution >= 4 is 17.6 Å². The van der Waals surface area contributed by atoms with Crippen LogP contribution in [0.4, 0.5) is 5.69 Å². The number of ether oxygens (including phenoxy) is 2. The molecule has 0 aliphatic carbocycles. The number of esters is 2. The number of pyridine rings is 1. The lowest BCUT2D eigenvalue weighted by molar-refractivity contribution is -0.384. The second-order valence-corrected chi connectivity index (χ2v) is 6.04. The zero-order valence-corrected chi connectivity index (χ0v) is 15.7. The van der Waals surface area contributed by atoms with E-state index in [1.54, 1.807) is 13.8 Å². The third-order valence-corrected chi connectivity index (χ3v) is 3.77. The third kappa shape index (κ3) is 3.96. The lowest BCUT2D eigenvalue weighted by atomic mass is 9.92. The van der Waals surface area contributed by atoms with Gasteiger partial charge < -0.3 is 9.47 Å². The number of aromatic nitrogens is 1. The van der Waals surface area contributed by atoms with Crippen molar-refractivity contribution in [3.05, 3.63) is 56.9 Å². The summed E-state index contributed by atoms with van der Waals surface area (Å²) < 4.78 is 10.0. The van der Waals surface area contributed by atoms with E-state index in [2.05, 4.69) is 4.98 Å². The molecule has 0 atom stereocenters. The Balaban J connectivity index is 2.96. The van der Waals surface area contributed by atoms with Crippen LogP contribution in [0, 0.1) is 28.4 Å². The van der Waals surface area contributed by atoms with Crippen LogP contribution < -0.4 is 0 Å². The number of carbonyl (C=O) groups is 2. The molecule has 0 aliphatic heterocycles. The van der Waals surface area contributed by atoms with Gasteiger partial charge >= 0.3 is 11.9 Å². The van der Waals surface area contributed by atoms with E-state index in [1.807, 2.05) is 6.07 Å². The van der Waals surface area contributed by atoms with Gasteiger partial charge in [-0.25, -0.2) is 14.6 Å². The van der Waals surface area contributed by atoms with Gasteiger partial charge in [0.25, 0.3) is 5.69 Å². The standard InChI is InChI=1S/C19H17N3O6/c1-10(2)28-19(24)15-11(3)21-14(9-20)17(18(23)27-4)16(15)12-6-5-7-13(8-12)22(25)26/h5-8,10H,1-4H3. The zero-order chi connectivity index (χ0) is 21.0. The van der Waals surface area contributed by atoms with Crippen molar-refractivity contribution in [2.24, 2.45) is 0 Å². The molecule has 1 aromatic carbocycles. The van der Waals surface area contributed by atoms with Gasteiger partial charge in [0.05, 0.1) is 29.4 Å². The molecule has 2 rings (SSSR count). The maximum atomic E-state index is 12.7. The number of hydrogen-bond donors (Lipinski definition) is 0. The number of nitro benzene ring substituents is 1. The molecule has 0 amide bonds. The van der Waals surface area contributed by atoms with Crippen molar-refractivity contribution < 1.29 is 24.0 Å². The summed E-state index contributed by atoms with van der Waals surface area (Å²) in [6.45, 7) is 4.79. The number of rotatable bonds is 5. The molecule has 0 bridgehead atoms. The average molecular weight is 383 g/mol. The SMILES string of the molecule is COC(=O)c1c(C#N)nc(C)c(C(=O)OC(C)C)c1-c1cccc([N+](=O)[O-])c1. The monoisotopic (exact) mass is 383 g/mol. The summed E-state index contributed by atoms with van der Waals surface area (Å²) in [7, 11) is 1.12. The Labute approximate surface area is 160 Å². The summed E-state index contributed by atoms with van der Waals surface area (Å²) in [5.41, 5.74) is -0.481. The third-order valence-electron chi connectivity index (χ3n) is 3.77. The van der Waals surface area contributed by atoms with E-state index in [0.717, 1.165) is 7.11 Å². The molecule has 0 spiro atoms. The number of nitro groups is 1. The lowest BCUT2D eigenvalue weighted by Gasteiger charge is -2.17. The number of nitriles is 1. The van der Waals surface area contributed by atoms with Crippen LogP contribution in [-0.4, -0.2) is 35.1 Å². The van der Waals surface area contributed by atoms with Crippen LogP contribution in [0.5, 0.6) is 0 Å². The van der Waals surface area contributed by atoms with Crippen LogP contribution in [0.15, 0.2) is 24.3 Å². The molecule has 9 heteroatoms. The molecule has 0 unspecified atom stereocenters. The first kappa shape index (κ1) is 20.5. The fourth-order valence-electron chi connectivity index (χ4n) is 2.67. The maximum absolute atomic E-state index is 12.7. The Bertz CT molecular complexity index is 1010. The van der Waals surface area contributed by atoms with E-state index in [4.69, 9.17) is 9.47 Å². The molecule has 0 aliphatic rings. The van der Waals surface area contributed by atoms with Crippen LogP contribution in [0.1, 0.15) is 46.0 Å². The molecule has 0 N–H and O–H groups in total. The van der Waals surface area contributed by atoms with Gasteiger partial charge in [-0.15, -0.1) is 0 Å². The molecule has 0 fully saturated rings. The maximum Gasteiger partial charge on any atom is 0.341 e. The number of carbonyl (C=O) groups excluding carboxylic acids is 2. The number of benzene rings is 1. The van der Waals surface area contributed by atoms with E-state index in [9.17, 15) is 25.0 Å². The largest absolute Gasteiger partial charge is 0.465 e. The Morgan fingerprint density at radius 3 is 2.46 bits per heavy atom. The van der Waals surface area contributed by atoms with E-state index >= 15 is 0 Å². The van der Waals surface area contributed by atoms with Gasteiger partial charge in [0.2, 0.25) is 0 Å². The van der Waals surface area contributed by atoms with Gasteiger partial charge in [0, 0.05) is 17.7 Å². The van der Waals surface area contributed by atoms with E-state index in [-0.39, 0.29) is 39.3 Å². The van der Waals surface area contributed by atoms with E-state index in [1.165, 1.54) is 31.2 Å². The van der Waals surface area contributed by atoms with Crippen LogP contribution in [-0.2, 0) is 9.47 Å². The summed E-state index contributed by atoms with van der Waals surface area (Å²) in [6.07, 6.45) is -0.456. The van der Waals surface area contributed by atoms with E-state index < -0.39 is 23.0 Å². The van der Waals surface area contributed by atoms with Gasteiger partial charge in [0.15, 0.2) is 5.69 Å². The summed E-state index contributed by atoms with van der Waals surface area (Å²) >= 11 is 0. The second kappa shape index (κ2) is 8.26. The molecule has 144 valence electrons. The highest BCUT2D eigenvalue weighted by Crippen LogP contribution is 2.34. The predicted molar refractivity (Wildman–Crippen MR) is 97.7 cm³/mol. The summed E-state index contributed by atoms with van der Waals surface area (Å²) in [5.74, 6) is -1.67. The van der Waals surface area contributed by atoms with Gasteiger partial charge in [-0.05, 0) is 26.3 Å². The molecule has 1 heterocycles. The minimum Gasteiger partial charge on any atom is -0.465 e. The Morgan fingerprint density at radius 1 is 1.25 bits per heavy atom. The number of hydrogen-bond acceptors (Lipinski definition) is 8. The number of aryl methyl sites for hydroxylation is 1. The van der Waals surface area contributed by atoms with Gasteiger partial charge in [-0.1, -0.05) is 12.1 Å².